The highest BCUT2D eigenvalue weighted by Gasteiger charge is 2.21. The Bertz CT molecular complexity index is 2590. The standard InChI is InChI=1S/C55H54N2O10/c1-7-38-13-17-40(18-14-38)32-66-54(60)36-62-44-25-21-42-23-27-50(64-34-52(58)56(9-3)10-4)48(46(42)29-44)31-49-47-30-45(63-37-55(61)67-33-41-19-15-39(8-2)16-20-41)26-22-43(47)24-28-51(49)65-35-53(59)57(11-5)12-6/h1-2,13-30H,9-12,31-37H2,3-6H3. The Morgan fingerprint density at radius 3 is 1.21 bits per heavy atom. The largest absolute Gasteiger partial charge is 0.483 e. The molecule has 0 bridgehead atoms. The maximum Gasteiger partial charge on any atom is 0.344 e. The fourth-order valence-corrected chi connectivity index (χ4v) is 7.38. The number of fused-ring (bicyclic) bond motifs is 2. The predicted octanol–water partition coefficient (Wildman–Crippen LogP) is 8.29. The minimum atomic E-state index is -0.563. The van der Waals surface area contributed by atoms with E-state index in [1.54, 1.807) is 70.5 Å². The number of amides is 2. The maximum absolute atomic E-state index is 13.3. The van der Waals surface area contributed by atoms with Crippen molar-refractivity contribution in [2.45, 2.75) is 47.3 Å². The summed E-state index contributed by atoms with van der Waals surface area (Å²) >= 11 is 0. The molecule has 0 N–H and O–H groups in total. The zero-order chi connectivity index (χ0) is 47.7. The molecule has 12 heteroatoms. The summed E-state index contributed by atoms with van der Waals surface area (Å²) in [5.74, 6) is 5.31. The lowest BCUT2D eigenvalue weighted by Gasteiger charge is -2.22. The van der Waals surface area contributed by atoms with Gasteiger partial charge in [0.25, 0.3) is 11.8 Å². The summed E-state index contributed by atoms with van der Waals surface area (Å²) in [6.07, 6.45) is 11.1. The average Bonchev–Trinajstić information content (AvgIpc) is 3.36. The Labute approximate surface area is 391 Å². The van der Waals surface area contributed by atoms with Crippen molar-refractivity contribution in [3.63, 3.8) is 0 Å². The zero-order valence-electron chi connectivity index (χ0n) is 38.3. The quantitative estimate of drug-likeness (QED) is 0.0485. The van der Waals surface area contributed by atoms with Gasteiger partial charge >= 0.3 is 11.9 Å². The molecule has 6 aromatic rings. The molecule has 6 aromatic carbocycles. The van der Waals surface area contributed by atoms with Gasteiger partial charge < -0.3 is 38.2 Å². The number of rotatable bonds is 22. The van der Waals surface area contributed by atoms with Gasteiger partial charge in [0.1, 0.15) is 36.2 Å². The second-order valence-corrected chi connectivity index (χ2v) is 15.3. The minimum absolute atomic E-state index is 0.0533. The molecule has 0 heterocycles. The van der Waals surface area contributed by atoms with Crippen molar-refractivity contribution in [2.24, 2.45) is 0 Å². The van der Waals surface area contributed by atoms with E-state index in [0.717, 1.165) is 43.8 Å². The molecule has 6 rings (SSSR count). The van der Waals surface area contributed by atoms with E-state index in [9.17, 15) is 19.2 Å². The van der Waals surface area contributed by atoms with Crippen molar-refractivity contribution >= 4 is 45.3 Å². The molecule has 0 aromatic heterocycles. The van der Waals surface area contributed by atoms with E-state index in [4.69, 9.17) is 41.3 Å². The fraction of sp³-hybridized carbons (Fsp3) is 0.273. The molecular weight excluding hydrogens is 849 g/mol. The molecule has 0 aliphatic rings. The lowest BCUT2D eigenvalue weighted by atomic mass is 9.93. The highest BCUT2D eigenvalue weighted by atomic mass is 16.6. The van der Waals surface area contributed by atoms with Gasteiger partial charge in [0.15, 0.2) is 26.4 Å². The fourth-order valence-electron chi connectivity index (χ4n) is 7.38. The monoisotopic (exact) mass is 902 g/mol. The Kier molecular flexibility index (Phi) is 17.2. The summed E-state index contributed by atoms with van der Waals surface area (Å²) in [7, 11) is 0. The molecule has 0 atom stereocenters. The van der Waals surface area contributed by atoms with Crippen LogP contribution >= 0.6 is 0 Å². The molecule has 0 unspecified atom stereocenters. The van der Waals surface area contributed by atoms with Crippen LogP contribution in [-0.2, 0) is 48.3 Å². The summed E-state index contributed by atoms with van der Waals surface area (Å²) in [5.41, 5.74) is 4.38. The van der Waals surface area contributed by atoms with Crippen LogP contribution in [0.1, 0.15) is 61.1 Å². The van der Waals surface area contributed by atoms with Crippen LogP contribution in [0.15, 0.2) is 109 Å². The number of carbonyl (C=O) groups is 4. The van der Waals surface area contributed by atoms with Crippen molar-refractivity contribution < 1.29 is 47.6 Å². The number of benzene rings is 6. The first-order chi connectivity index (χ1) is 32.5. The van der Waals surface area contributed by atoms with Crippen LogP contribution < -0.4 is 18.9 Å². The van der Waals surface area contributed by atoms with Gasteiger partial charge in [-0.1, -0.05) is 60.4 Å². The number of carbonyl (C=O) groups excluding carboxylic acids is 4. The van der Waals surface area contributed by atoms with Crippen LogP contribution in [0.2, 0.25) is 0 Å². The Morgan fingerprint density at radius 2 is 0.851 bits per heavy atom. The number of likely N-dealkylation sites (N-methyl/N-ethyl adjacent to an activating group) is 2. The number of terminal acetylenes is 2. The third-order valence-corrected chi connectivity index (χ3v) is 11.2. The third-order valence-electron chi connectivity index (χ3n) is 11.2. The number of nitrogens with zero attached hydrogens (tertiary/aromatic N) is 2. The van der Waals surface area contributed by atoms with Gasteiger partial charge in [-0.25, -0.2) is 9.59 Å². The molecule has 67 heavy (non-hydrogen) atoms. The molecule has 0 saturated heterocycles. The van der Waals surface area contributed by atoms with Crippen molar-refractivity contribution in [3.8, 4) is 47.7 Å². The van der Waals surface area contributed by atoms with Crippen molar-refractivity contribution in [2.75, 3.05) is 52.6 Å². The lowest BCUT2D eigenvalue weighted by molar-refractivity contribution is -0.148. The van der Waals surface area contributed by atoms with Gasteiger partial charge in [-0.2, -0.15) is 0 Å². The third kappa shape index (κ3) is 13.1. The molecule has 0 saturated carbocycles. The number of hydrogen-bond acceptors (Lipinski definition) is 10. The van der Waals surface area contributed by atoms with Crippen LogP contribution in [-0.4, -0.2) is 86.2 Å². The number of esters is 2. The van der Waals surface area contributed by atoms with E-state index in [1.165, 1.54) is 0 Å². The van der Waals surface area contributed by atoms with Gasteiger partial charge in [0, 0.05) is 54.9 Å². The van der Waals surface area contributed by atoms with E-state index >= 15 is 0 Å². The van der Waals surface area contributed by atoms with E-state index in [0.29, 0.717) is 60.3 Å². The summed E-state index contributed by atoms with van der Waals surface area (Å²) < 4.78 is 35.6. The van der Waals surface area contributed by atoms with Crippen LogP contribution in [0.3, 0.4) is 0 Å². The van der Waals surface area contributed by atoms with Crippen LogP contribution in [0.4, 0.5) is 0 Å². The number of ether oxygens (including phenoxy) is 6. The Hall–Kier alpha value is -7.96. The summed E-state index contributed by atoms with van der Waals surface area (Å²) in [6.45, 7) is 8.71. The molecule has 0 fully saturated rings. The van der Waals surface area contributed by atoms with E-state index in [2.05, 4.69) is 11.8 Å². The summed E-state index contributed by atoms with van der Waals surface area (Å²) in [5, 5.41) is 3.10. The molecule has 0 aliphatic heterocycles. The first-order valence-electron chi connectivity index (χ1n) is 22.2. The molecule has 12 nitrogen and oxygen atoms in total. The highest BCUT2D eigenvalue weighted by Crippen LogP contribution is 2.38. The molecule has 0 spiro atoms. The van der Waals surface area contributed by atoms with Crippen LogP contribution in [0.5, 0.6) is 23.0 Å². The van der Waals surface area contributed by atoms with Crippen LogP contribution in [0, 0.1) is 24.7 Å². The average molecular weight is 903 g/mol. The topological polar surface area (TPSA) is 130 Å². The van der Waals surface area contributed by atoms with Crippen molar-refractivity contribution in [1.29, 1.82) is 0 Å². The van der Waals surface area contributed by atoms with Gasteiger partial charge in [-0.05, 0) is 121 Å². The zero-order valence-corrected chi connectivity index (χ0v) is 38.3. The minimum Gasteiger partial charge on any atom is -0.483 e. The van der Waals surface area contributed by atoms with E-state index in [-0.39, 0.29) is 57.9 Å². The Balaban J connectivity index is 1.34. The molecule has 0 radical (unpaired) electrons. The molecule has 0 aliphatic carbocycles. The summed E-state index contributed by atoms with van der Waals surface area (Å²) in [4.78, 5) is 55.6. The van der Waals surface area contributed by atoms with Gasteiger partial charge in [0.2, 0.25) is 0 Å². The van der Waals surface area contributed by atoms with Crippen molar-refractivity contribution in [1.82, 2.24) is 9.80 Å². The smallest absolute Gasteiger partial charge is 0.344 e. The Morgan fingerprint density at radius 1 is 0.478 bits per heavy atom. The van der Waals surface area contributed by atoms with Gasteiger partial charge in [-0.15, -0.1) is 12.8 Å². The summed E-state index contributed by atoms with van der Waals surface area (Å²) in [6, 6.07) is 32.6. The lowest BCUT2D eigenvalue weighted by Crippen LogP contribution is -2.34. The second-order valence-electron chi connectivity index (χ2n) is 15.3. The van der Waals surface area contributed by atoms with Crippen molar-refractivity contribution in [3.05, 3.63) is 143 Å². The van der Waals surface area contributed by atoms with E-state index in [1.807, 2.05) is 76.2 Å². The molecule has 2 amide bonds. The first kappa shape index (κ1) is 48.5. The van der Waals surface area contributed by atoms with Gasteiger partial charge in [0.05, 0.1) is 0 Å². The normalized spacial score (nSPS) is 10.7. The highest BCUT2D eigenvalue weighted by molar-refractivity contribution is 5.93. The SMILES string of the molecule is C#Cc1ccc(COC(=O)COc2ccc3ccc(OCC(=O)N(CC)CC)c(Cc4c(OCC(=O)N(CC)CC)ccc5ccc(OCC(=O)OCc6ccc(C#C)cc6)cc45)c3c2)cc1. The molecular formula is C55H54N2O10. The maximum atomic E-state index is 13.3. The first-order valence-corrected chi connectivity index (χ1v) is 22.2. The van der Waals surface area contributed by atoms with Gasteiger partial charge in [-0.3, -0.25) is 9.59 Å². The van der Waals surface area contributed by atoms with E-state index < -0.39 is 11.9 Å². The van der Waals surface area contributed by atoms with Crippen LogP contribution in [0.25, 0.3) is 21.5 Å². The number of hydrogen-bond donors (Lipinski definition) is 0. The predicted molar refractivity (Wildman–Crippen MR) is 257 cm³/mol. The second kappa shape index (κ2) is 23.8. The molecule has 344 valence electrons.